The normalized spacial score (nSPS) is 25.3. The first kappa shape index (κ1) is 14.3. The topological polar surface area (TPSA) is 56.9 Å². The zero-order chi connectivity index (χ0) is 15.1. The van der Waals surface area contributed by atoms with Crippen molar-refractivity contribution in [2.45, 2.75) is 37.8 Å². The van der Waals surface area contributed by atoms with Crippen LogP contribution in [-0.2, 0) is 0 Å². The minimum absolute atomic E-state index is 0.0331. The van der Waals surface area contributed by atoms with E-state index >= 15 is 0 Å². The molecule has 1 saturated heterocycles. The zero-order valence-corrected chi connectivity index (χ0v) is 13.9. The predicted molar refractivity (Wildman–Crippen MR) is 91.0 cm³/mol. The van der Waals surface area contributed by atoms with Gasteiger partial charge in [-0.25, -0.2) is 0 Å². The van der Waals surface area contributed by atoms with Gasteiger partial charge in [-0.2, -0.15) is 0 Å². The van der Waals surface area contributed by atoms with Crippen LogP contribution in [0, 0.1) is 5.92 Å². The van der Waals surface area contributed by atoms with Crippen molar-refractivity contribution in [3.05, 3.63) is 34.4 Å². The van der Waals surface area contributed by atoms with Gasteiger partial charge in [-0.1, -0.05) is 15.9 Å². The lowest BCUT2D eigenvalue weighted by molar-refractivity contribution is 0.0925. The second kappa shape index (κ2) is 5.70. The summed E-state index contributed by atoms with van der Waals surface area (Å²) in [4.78, 5) is 15.8. The number of rotatable bonds is 3. The van der Waals surface area contributed by atoms with Gasteiger partial charge in [0.1, 0.15) is 0 Å². The third kappa shape index (κ3) is 2.79. The molecule has 22 heavy (non-hydrogen) atoms. The Balaban J connectivity index is 1.49. The van der Waals surface area contributed by atoms with E-state index in [2.05, 4.69) is 31.5 Å². The largest absolute Gasteiger partial charge is 0.360 e. The quantitative estimate of drug-likeness (QED) is 0.786. The molecule has 4 nitrogen and oxygen atoms in total. The summed E-state index contributed by atoms with van der Waals surface area (Å²) in [6, 6.07) is 6.85. The number of carbonyl (C=O) groups excluding carboxylic acids is 1. The number of benzene rings is 1. The van der Waals surface area contributed by atoms with Crippen molar-refractivity contribution in [2.24, 2.45) is 5.92 Å². The second-order valence-electron chi connectivity index (χ2n) is 6.49. The lowest BCUT2D eigenvalue weighted by Gasteiger charge is -2.31. The van der Waals surface area contributed by atoms with Crippen LogP contribution in [0.3, 0.4) is 0 Å². The Kier molecular flexibility index (Phi) is 3.70. The molecule has 0 bridgehead atoms. The Morgan fingerprint density at radius 3 is 2.95 bits per heavy atom. The van der Waals surface area contributed by atoms with E-state index in [1.807, 2.05) is 24.4 Å². The lowest BCUT2D eigenvalue weighted by atomic mass is 9.96. The summed E-state index contributed by atoms with van der Waals surface area (Å²) >= 11 is 3.48. The molecule has 1 aromatic carbocycles. The highest BCUT2D eigenvalue weighted by Gasteiger charge is 2.35. The molecule has 2 fully saturated rings. The van der Waals surface area contributed by atoms with Crippen LogP contribution in [0.4, 0.5) is 0 Å². The maximum Gasteiger partial charge on any atom is 0.253 e. The summed E-state index contributed by atoms with van der Waals surface area (Å²) in [6.07, 6.45) is 6.57. The molecule has 0 radical (unpaired) electrons. The van der Waals surface area contributed by atoms with Gasteiger partial charge in [0.15, 0.2) is 0 Å². The maximum atomic E-state index is 12.6. The molecule has 0 spiro atoms. The van der Waals surface area contributed by atoms with Crippen LogP contribution in [0.2, 0.25) is 0 Å². The van der Waals surface area contributed by atoms with Crippen molar-refractivity contribution in [1.82, 2.24) is 15.6 Å². The van der Waals surface area contributed by atoms with Crippen molar-refractivity contribution >= 4 is 32.7 Å². The fourth-order valence-electron chi connectivity index (χ4n) is 3.48. The number of hydrogen-bond donors (Lipinski definition) is 3. The van der Waals surface area contributed by atoms with Crippen molar-refractivity contribution in [3.63, 3.8) is 0 Å². The number of aromatic nitrogens is 1. The Labute approximate surface area is 138 Å². The number of piperidine rings is 1. The van der Waals surface area contributed by atoms with Gasteiger partial charge in [0.25, 0.3) is 5.91 Å². The molecule has 1 aliphatic heterocycles. The van der Waals surface area contributed by atoms with Crippen LogP contribution >= 0.6 is 15.9 Å². The van der Waals surface area contributed by atoms with Crippen LogP contribution in [0.15, 0.2) is 28.9 Å². The molecule has 1 saturated carbocycles. The minimum atomic E-state index is 0.0331. The van der Waals surface area contributed by atoms with Gasteiger partial charge < -0.3 is 15.6 Å². The molecule has 2 atom stereocenters. The van der Waals surface area contributed by atoms with E-state index in [0.717, 1.165) is 46.2 Å². The van der Waals surface area contributed by atoms with Gasteiger partial charge in [-0.3, -0.25) is 4.79 Å². The lowest BCUT2D eigenvalue weighted by Crippen LogP contribution is -2.48. The van der Waals surface area contributed by atoms with Crippen LogP contribution in [-0.4, -0.2) is 29.5 Å². The highest BCUT2D eigenvalue weighted by atomic mass is 79.9. The number of aromatic amines is 1. The van der Waals surface area contributed by atoms with E-state index in [0.29, 0.717) is 6.04 Å². The summed E-state index contributed by atoms with van der Waals surface area (Å²) in [5.74, 6) is 0.870. The number of halogens is 1. The van der Waals surface area contributed by atoms with Crippen LogP contribution < -0.4 is 10.6 Å². The molecule has 116 valence electrons. The average molecular weight is 362 g/mol. The van der Waals surface area contributed by atoms with E-state index < -0.39 is 0 Å². The van der Waals surface area contributed by atoms with Crippen LogP contribution in [0.25, 0.3) is 10.9 Å². The van der Waals surface area contributed by atoms with Gasteiger partial charge in [-0.15, -0.1) is 0 Å². The molecular weight excluding hydrogens is 342 g/mol. The number of H-pyrrole nitrogens is 1. The third-order valence-electron chi connectivity index (χ3n) is 4.85. The molecule has 3 N–H and O–H groups in total. The van der Waals surface area contributed by atoms with E-state index in [4.69, 9.17) is 0 Å². The molecule has 5 heteroatoms. The van der Waals surface area contributed by atoms with Crippen molar-refractivity contribution in [1.29, 1.82) is 0 Å². The molecule has 2 unspecified atom stereocenters. The molecule has 1 aromatic heterocycles. The van der Waals surface area contributed by atoms with E-state index in [1.165, 1.54) is 12.8 Å². The minimum Gasteiger partial charge on any atom is -0.360 e. The van der Waals surface area contributed by atoms with Crippen molar-refractivity contribution < 1.29 is 4.79 Å². The molecule has 1 aliphatic carbocycles. The summed E-state index contributed by atoms with van der Waals surface area (Å²) < 4.78 is 0.990. The molecule has 1 amide bonds. The summed E-state index contributed by atoms with van der Waals surface area (Å²) in [6.45, 7) is 1.01. The summed E-state index contributed by atoms with van der Waals surface area (Å²) in [7, 11) is 0. The van der Waals surface area contributed by atoms with Crippen molar-refractivity contribution in [3.8, 4) is 0 Å². The first-order chi connectivity index (χ1) is 10.7. The molecular formula is C17H20BrN3O. The standard InChI is InChI=1S/C17H20BrN3O/c18-11-3-4-15-13(7-11)14(9-20-15)17(22)21-12-5-6-19-16(8-12)10-1-2-10/h3-4,7,9-10,12,16,19-20H,1-2,5-6,8H2,(H,21,22). The molecule has 2 aromatic rings. The van der Waals surface area contributed by atoms with Crippen LogP contribution in [0.1, 0.15) is 36.0 Å². The van der Waals surface area contributed by atoms with Crippen molar-refractivity contribution in [2.75, 3.05) is 6.54 Å². The van der Waals surface area contributed by atoms with E-state index in [1.54, 1.807) is 0 Å². The molecule has 4 rings (SSSR count). The number of nitrogens with one attached hydrogen (secondary N) is 3. The van der Waals surface area contributed by atoms with Gasteiger partial charge >= 0.3 is 0 Å². The Morgan fingerprint density at radius 2 is 2.14 bits per heavy atom. The molecule has 2 heterocycles. The number of hydrogen-bond acceptors (Lipinski definition) is 2. The number of amides is 1. The van der Waals surface area contributed by atoms with Gasteiger partial charge in [-0.05, 0) is 56.3 Å². The summed E-state index contributed by atoms with van der Waals surface area (Å²) in [5.41, 5.74) is 1.73. The maximum absolute atomic E-state index is 12.6. The van der Waals surface area contributed by atoms with E-state index in [9.17, 15) is 4.79 Å². The number of carbonyl (C=O) groups is 1. The van der Waals surface area contributed by atoms with Gasteiger partial charge in [0.05, 0.1) is 5.56 Å². The highest BCUT2D eigenvalue weighted by molar-refractivity contribution is 9.10. The van der Waals surface area contributed by atoms with E-state index in [-0.39, 0.29) is 11.9 Å². The first-order valence-corrected chi connectivity index (χ1v) is 8.81. The monoisotopic (exact) mass is 361 g/mol. The zero-order valence-electron chi connectivity index (χ0n) is 12.4. The fraction of sp³-hybridized carbons (Fsp3) is 0.471. The second-order valence-corrected chi connectivity index (χ2v) is 7.40. The average Bonchev–Trinajstić information content (AvgIpc) is 3.28. The molecule has 2 aliphatic rings. The SMILES string of the molecule is O=C(NC1CCNC(C2CC2)C1)c1c[nH]c2ccc(Br)cc12. The van der Waals surface area contributed by atoms with Crippen LogP contribution in [0.5, 0.6) is 0 Å². The predicted octanol–water partition coefficient (Wildman–Crippen LogP) is 3.19. The Morgan fingerprint density at radius 1 is 1.27 bits per heavy atom. The fourth-order valence-corrected chi connectivity index (χ4v) is 3.84. The third-order valence-corrected chi connectivity index (χ3v) is 5.35. The highest BCUT2D eigenvalue weighted by Crippen LogP contribution is 2.35. The van der Waals surface area contributed by atoms with Gasteiger partial charge in [0.2, 0.25) is 0 Å². The Hall–Kier alpha value is -1.33. The van der Waals surface area contributed by atoms with Gasteiger partial charge in [0, 0.05) is 33.7 Å². The summed E-state index contributed by atoms with van der Waals surface area (Å²) in [5, 5.41) is 7.80. The smallest absolute Gasteiger partial charge is 0.253 e. The Bertz CT molecular complexity index is 707. The first-order valence-electron chi connectivity index (χ1n) is 8.01. The number of fused-ring (bicyclic) bond motifs is 1.